The van der Waals surface area contributed by atoms with E-state index < -0.39 is 24.6 Å². The molecule has 0 saturated heterocycles. The van der Waals surface area contributed by atoms with Gasteiger partial charge in [0.15, 0.2) is 22.9 Å². The third kappa shape index (κ3) is 6.09. The number of rotatable bonds is 10. The van der Waals surface area contributed by atoms with Crippen molar-refractivity contribution in [3.63, 3.8) is 0 Å². The monoisotopic (exact) mass is 566 g/mol. The highest BCUT2D eigenvalue weighted by Crippen LogP contribution is 2.36. The molecule has 40 heavy (non-hydrogen) atoms. The Morgan fingerprint density at radius 2 is 1.95 bits per heavy atom. The third-order valence-corrected chi connectivity index (χ3v) is 6.88. The molecule has 3 aromatic rings. The van der Waals surface area contributed by atoms with Crippen molar-refractivity contribution >= 4 is 29.4 Å². The smallest absolute Gasteiger partial charge is 0.341 e. The van der Waals surface area contributed by atoms with E-state index in [4.69, 9.17) is 24.1 Å². The number of benzene rings is 2. The van der Waals surface area contributed by atoms with Gasteiger partial charge in [0.05, 0.1) is 41.7 Å². The minimum Gasteiger partial charge on any atom is -0.493 e. The van der Waals surface area contributed by atoms with Crippen LogP contribution in [0.25, 0.3) is 6.08 Å². The van der Waals surface area contributed by atoms with Crippen LogP contribution in [0.4, 0.5) is 0 Å². The fraction of sp³-hybridized carbons (Fsp3) is 0.310. The molecule has 10 nitrogen and oxygen atoms in total. The molecule has 0 saturated carbocycles. The number of esters is 1. The second-order valence-corrected chi connectivity index (χ2v) is 10.1. The van der Waals surface area contributed by atoms with Crippen molar-refractivity contribution in [2.75, 3.05) is 20.3 Å². The quantitative estimate of drug-likeness (QED) is 0.371. The number of carboxylic acids is 1. The molecule has 210 valence electrons. The van der Waals surface area contributed by atoms with Crippen LogP contribution in [-0.2, 0) is 14.3 Å². The van der Waals surface area contributed by atoms with Crippen LogP contribution in [0.5, 0.6) is 17.2 Å². The molecule has 1 unspecified atom stereocenters. The van der Waals surface area contributed by atoms with Gasteiger partial charge in [0.1, 0.15) is 5.75 Å². The average Bonchev–Trinajstić information content (AvgIpc) is 3.21. The topological polar surface area (TPSA) is 126 Å². The first-order chi connectivity index (χ1) is 19.1. The fourth-order valence-corrected chi connectivity index (χ4v) is 5.35. The molecule has 1 N–H and O–H groups in total. The number of carbonyl (C=O) groups excluding carboxylic acids is 1. The van der Waals surface area contributed by atoms with Crippen molar-refractivity contribution < 1.29 is 33.6 Å². The Labute approximate surface area is 234 Å². The first-order valence-electron chi connectivity index (χ1n) is 12.6. The summed E-state index contributed by atoms with van der Waals surface area (Å²) in [7, 11) is 1.53. The van der Waals surface area contributed by atoms with Crippen LogP contribution in [0, 0.1) is 0 Å². The van der Waals surface area contributed by atoms with Crippen LogP contribution in [0.3, 0.4) is 0 Å². The molecule has 11 heteroatoms. The van der Waals surface area contributed by atoms with Gasteiger partial charge in [0.2, 0.25) is 0 Å². The van der Waals surface area contributed by atoms with Crippen molar-refractivity contribution in [2.24, 2.45) is 4.99 Å². The van der Waals surface area contributed by atoms with Crippen LogP contribution in [0.15, 0.2) is 63.5 Å². The zero-order valence-electron chi connectivity index (χ0n) is 22.8. The van der Waals surface area contributed by atoms with Crippen molar-refractivity contribution in [1.29, 1.82) is 0 Å². The summed E-state index contributed by atoms with van der Waals surface area (Å²) in [6.07, 6.45) is 1.60. The first kappa shape index (κ1) is 28.6. The van der Waals surface area contributed by atoms with Gasteiger partial charge in [-0.3, -0.25) is 9.36 Å². The number of hydrogen-bond acceptors (Lipinski definition) is 9. The molecule has 0 aliphatic carbocycles. The van der Waals surface area contributed by atoms with Crippen LogP contribution in [0.1, 0.15) is 44.9 Å². The highest BCUT2D eigenvalue weighted by atomic mass is 32.1. The second-order valence-electron chi connectivity index (χ2n) is 9.13. The maximum Gasteiger partial charge on any atom is 0.341 e. The van der Waals surface area contributed by atoms with Gasteiger partial charge >= 0.3 is 11.9 Å². The summed E-state index contributed by atoms with van der Waals surface area (Å²) in [6, 6.07) is 11.2. The van der Waals surface area contributed by atoms with Gasteiger partial charge in [-0.15, -0.1) is 0 Å². The molecule has 1 aromatic heterocycles. The molecule has 1 aliphatic rings. The van der Waals surface area contributed by atoms with Crippen molar-refractivity contribution in [3.05, 3.63) is 84.5 Å². The molecule has 1 atom stereocenters. The maximum atomic E-state index is 13.8. The SMILES string of the molecule is CCOC(=O)C1=C(C)N=c2sc(=Cc3cccc(OCC(=O)O)c3)c(=O)n2C1c1ccc(OC(C)C)c(OC)c1. The lowest BCUT2D eigenvalue weighted by Crippen LogP contribution is -2.40. The Bertz CT molecular complexity index is 1650. The Balaban J connectivity index is 1.88. The number of allylic oxidation sites excluding steroid dienone is 1. The van der Waals surface area contributed by atoms with Gasteiger partial charge in [-0.05, 0) is 69.2 Å². The largest absolute Gasteiger partial charge is 0.493 e. The summed E-state index contributed by atoms with van der Waals surface area (Å²) < 4.78 is 23.9. The molecule has 4 rings (SSSR count). The van der Waals surface area contributed by atoms with E-state index in [1.807, 2.05) is 13.8 Å². The molecule has 1 aliphatic heterocycles. The fourth-order valence-electron chi connectivity index (χ4n) is 4.30. The molecule has 0 radical (unpaired) electrons. The van der Waals surface area contributed by atoms with E-state index in [1.165, 1.54) is 23.0 Å². The Hall–Kier alpha value is -4.38. The van der Waals surface area contributed by atoms with Crippen LogP contribution >= 0.6 is 11.3 Å². The predicted octanol–water partition coefficient (Wildman–Crippen LogP) is 3.06. The molecular weight excluding hydrogens is 536 g/mol. The normalized spacial score (nSPS) is 14.9. The van der Waals surface area contributed by atoms with Crippen LogP contribution in [-0.4, -0.2) is 48.0 Å². The summed E-state index contributed by atoms with van der Waals surface area (Å²) >= 11 is 1.18. The van der Waals surface area contributed by atoms with E-state index >= 15 is 0 Å². The van der Waals surface area contributed by atoms with Gasteiger partial charge in [0.25, 0.3) is 5.56 Å². The Morgan fingerprint density at radius 3 is 2.62 bits per heavy atom. The molecular formula is C29H30N2O8S. The van der Waals surface area contributed by atoms with Crippen LogP contribution < -0.4 is 29.1 Å². The van der Waals surface area contributed by atoms with Gasteiger partial charge in [-0.25, -0.2) is 14.6 Å². The highest BCUT2D eigenvalue weighted by Gasteiger charge is 2.34. The van der Waals surface area contributed by atoms with E-state index in [-0.39, 0.29) is 23.8 Å². The number of ether oxygens (including phenoxy) is 4. The molecule has 0 bridgehead atoms. The summed E-state index contributed by atoms with van der Waals surface area (Å²) in [6.45, 7) is 6.93. The number of methoxy groups -OCH3 is 1. The lowest BCUT2D eigenvalue weighted by atomic mass is 9.95. The highest BCUT2D eigenvalue weighted by molar-refractivity contribution is 7.07. The van der Waals surface area contributed by atoms with E-state index in [2.05, 4.69) is 4.99 Å². The van der Waals surface area contributed by atoms with Crippen LogP contribution in [0.2, 0.25) is 0 Å². The summed E-state index contributed by atoms with van der Waals surface area (Å²) in [5, 5.41) is 8.89. The van der Waals surface area contributed by atoms with Crippen molar-refractivity contribution in [1.82, 2.24) is 4.57 Å². The summed E-state index contributed by atoms with van der Waals surface area (Å²) in [5.74, 6) is -0.292. The zero-order valence-corrected chi connectivity index (χ0v) is 23.6. The Kier molecular flexibility index (Phi) is 8.73. The number of carboxylic acid groups (broad SMARTS) is 1. The third-order valence-electron chi connectivity index (χ3n) is 5.90. The first-order valence-corrected chi connectivity index (χ1v) is 13.4. The number of aromatic nitrogens is 1. The number of fused-ring (bicyclic) bond motifs is 1. The lowest BCUT2D eigenvalue weighted by molar-refractivity contribution is -0.140. The maximum absolute atomic E-state index is 13.8. The van der Waals surface area contributed by atoms with Gasteiger partial charge in [-0.1, -0.05) is 29.5 Å². The van der Waals surface area contributed by atoms with Gasteiger partial charge < -0.3 is 24.1 Å². The number of aliphatic carboxylic acids is 1. The zero-order chi connectivity index (χ0) is 29.0. The average molecular weight is 567 g/mol. The Morgan fingerprint density at radius 1 is 1.18 bits per heavy atom. The summed E-state index contributed by atoms with van der Waals surface area (Å²) in [4.78, 5) is 42.9. The van der Waals surface area contributed by atoms with E-state index in [0.717, 1.165) is 0 Å². The number of hydrogen-bond donors (Lipinski definition) is 1. The molecule has 2 heterocycles. The lowest BCUT2D eigenvalue weighted by Gasteiger charge is -2.25. The second kappa shape index (κ2) is 12.2. The van der Waals surface area contributed by atoms with E-state index in [1.54, 1.807) is 62.4 Å². The minimum atomic E-state index is -1.09. The summed E-state index contributed by atoms with van der Waals surface area (Å²) in [5.41, 5.74) is 1.62. The molecule has 2 aromatic carbocycles. The van der Waals surface area contributed by atoms with Crippen molar-refractivity contribution in [2.45, 2.75) is 39.8 Å². The van der Waals surface area contributed by atoms with E-state index in [9.17, 15) is 14.4 Å². The number of carbonyl (C=O) groups is 2. The molecule has 0 amide bonds. The number of nitrogens with zero attached hydrogens (tertiary/aromatic N) is 2. The van der Waals surface area contributed by atoms with Crippen molar-refractivity contribution in [3.8, 4) is 17.2 Å². The standard InChI is InChI=1S/C29H30N2O8S/c1-6-37-28(35)25-17(4)30-29-31(26(25)19-10-11-21(39-16(2)3)22(14-19)36-5)27(34)23(40-29)13-18-8-7-9-20(12-18)38-15-24(32)33/h7-14,16,26H,6,15H2,1-5H3,(H,32,33). The molecule has 0 spiro atoms. The van der Waals surface area contributed by atoms with Gasteiger partial charge in [-0.2, -0.15) is 0 Å². The predicted molar refractivity (Wildman–Crippen MR) is 149 cm³/mol. The number of thiazole rings is 1. The molecule has 0 fully saturated rings. The van der Waals surface area contributed by atoms with Gasteiger partial charge in [0, 0.05) is 0 Å². The minimum absolute atomic E-state index is 0.0808. The van der Waals surface area contributed by atoms with E-state index in [0.29, 0.717) is 43.4 Å².